The largest absolute Gasteiger partial charge is 0.417 e. The van der Waals surface area contributed by atoms with E-state index in [0.29, 0.717) is 11.3 Å². The van der Waals surface area contributed by atoms with Crippen LogP contribution in [0.3, 0.4) is 0 Å². The van der Waals surface area contributed by atoms with E-state index in [0.717, 1.165) is 5.56 Å². The Bertz CT molecular complexity index is 1540. The number of benzene rings is 2. The zero-order chi connectivity index (χ0) is 28.3. The van der Waals surface area contributed by atoms with Crippen LogP contribution in [0, 0.1) is 11.7 Å². The highest BCUT2D eigenvalue weighted by Crippen LogP contribution is 2.31. The summed E-state index contributed by atoms with van der Waals surface area (Å²) in [6.45, 7) is 6.75. The highest BCUT2D eigenvalue weighted by Gasteiger charge is 2.34. The summed E-state index contributed by atoms with van der Waals surface area (Å²) in [6, 6.07) is 13.8. The summed E-state index contributed by atoms with van der Waals surface area (Å²) >= 11 is 0. The molecule has 1 atom stereocenters. The van der Waals surface area contributed by atoms with Crippen molar-refractivity contribution in [1.29, 1.82) is 0 Å². The molecule has 4 aromatic rings. The van der Waals surface area contributed by atoms with Crippen LogP contribution >= 0.6 is 0 Å². The number of Topliss-reactive ketones (excluding diaryl/α,β-unsaturated/α-hetero) is 1. The van der Waals surface area contributed by atoms with Gasteiger partial charge in [-0.25, -0.2) is 9.37 Å². The summed E-state index contributed by atoms with van der Waals surface area (Å²) in [5.41, 5.74) is 6.10. The second-order valence-electron chi connectivity index (χ2n) is 9.98. The van der Waals surface area contributed by atoms with Crippen LogP contribution in [-0.2, 0) is 16.8 Å². The first-order valence-corrected chi connectivity index (χ1v) is 12.3. The minimum Gasteiger partial charge on any atom is -0.417 e. The molecule has 3 N–H and O–H groups in total. The Morgan fingerprint density at radius 3 is 2.38 bits per heavy atom. The molecule has 0 aliphatic heterocycles. The van der Waals surface area contributed by atoms with Crippen LogP contribution in [0.25, 0.3) is 11.3 Å². The smallest absolute Gasteiger partial charge is 0.294 e. The molecule has 0 saturated carbocycles. The summed E-state index contributed by atoms with van der Waals surface area (Å²) in [5, 5.41) is 10.7. The number of halogens is 1. The van der Waals surface area contributed by atoms with Crippen LogP contribution in [0.5, 0.6) is 0 Å². The number of carbonyl (C=O) groups is 2. The van der Waals surface area contributed by atoms with E-state index in [1.807, 2.05) is 19.9 Å². The summed E-state index contributed by atoms with van der Waals surface area (Å²) in [6.07, 6.45) is 1.42. The molecule has 0 fully saturated rings. The zero-order valence-corrected chi connectivity index (χ0v) is 22.0. The van der Waals surface area contributed by atoms with Crippen molar-refractivity contribution in [2.24, 2.45) is 5.92 Å². The number of hydrogen-bond donors (Lipinski definition) is 2. The van der Waals surface area contributed by atoms with Crippen LogP contribution in [0.4, 0.5) is 10.2 Å². The molecule has 11 heteroatoms. The van der Waals surface area contributed by atoms with Gasteiger partial charge in [0.25, 0.3) is 11.4 Å². The number of amides is 1. The second kappa shape index (κ2) is 11.0. The van der Waals surface area contributed by atoms with Crippen LogP contribution in [-0.4, -0.2) is 37.5 Å². The van der Waals surface area contributed by atoms with Gasteiger partial charge in [0, 0.05) is 0 Å². The summed E-state index contributed by atoms with van der Waals surface area (Å²) in [5.74, 6) is -2.22. The number of rotatable bonds is 9. The Morgan fingerprint density at radius 2 is 1.74 bits per heavy atom. The second-order valence-corrected chi connectivity index (χ2v) is 9.98. The van der Waals surface area contributed by atoms with Gasteiger partial charge < -0.3 is 15.5 Å². The number of anilines is 1. The van der Waals surface area contributed by atoms with Gasteiger partial charge in [0.05, 0.1) is 23.3 Å². The van der Waals surface area contributed by atoms with E-state index in [1.54, 1.807) is 50.2 Å². The van der Waals surface area contributed by atoms with E-state index in [1.165, 1.54) is 22.9 Å². The van der Waals surface area contributed by atoms with E-state index in [9.17, 15) is 18.8 Å². The van der Waals surface area contributed by atoms with Gasteiger partial charge in [0.15, 0.2) is 5.82 Å². The Labute approximate surface area is 224 Å². The first-order valence-electron chi connectivity index (χ1n) is 12.3. The predicted octanol–water partition coefficient (Wildman–Crippen LogP) is 3.36. The molecule has 0 aliphatic carbocycles. The highest BCUT2D eigenvalue weighted by atomic mass is 19.1. The van der Waals surface area contributed by atoms with E-state index in [2.05, 4.69) is 20.5 Å². The lowest BCUT2D eigenvalue weighted by atomic mass is 9.84. The number of nitrogens with one attached hydrogen (secondary N) is 1. The first kappa shape index (κ1) is 27.4. The fourth-order valence-corrected chi connectivity index (χ4v) is 4.10. The van der Waals surface area contributed by atoms with Crippen molar-refractivity contribution in [1.82, 2.24) is 25.1 Å². The third-order valence-corrected chi connectivity index (χ3v) is 6.45. The van der Waals surface area contributed by atoms with Crippen molar-refractivity contribution in [2.75, 3.05) is 5.73 Å². The number of aromatic nitrogens is 4. The van der Waals surface area contributed by atoms with Crippen molar-refractivity contribution in [3.8, 4) is 11.3 Å². The standard InChI is InChI=1S/C28H29FN6O4/c1-16(2)22(23(37)25-33-34-27(39-25)28(3,4)18-10-12-19(29)13-11-18)32-21(36)15-35-20(14-31-24(30)26(35)38)17-8-6-5-7-9-17/h5-14,16,22H,15H2,1-4H3,(H2,30,31)(H,32,36)/t22-/m1/s1. The molecule has 10 nitrogen and oxygen atoms in total. The Hall–Kier alpha value is -4.67. The maximum absolute atomic E-state index is 13.4. The van der Waals surface area contributed by atoms with E-state index in [4.69, 9.17) is 10.2 Å². The molecule has 0 radical (unpaired) electrons. The number of ketones is 1. The molecule has 4 rings (SSSR count). The molecular formula is C28H29FN6O4. The lowest BCUT2D eigenvalue weighted by molar-refractivity contribution is -0.122. The van der Waals surface area contributed by atoms with E-state index < -0.39 is 28.7 Å². The Kier molecular flexibility index (Phi) is 7.70. The van der Waals surface area contributed by atoms with Gasteiger partial charge in [-0.1, -0.05) is 56.3 Å². The lowest BCUT2D eigenvalue weighted by Gasteiger charge is -2.21. The minimum atomic E-state index is -1.00. The molecule has 0 bridgehead atoms. The lowest BCUT2D eigenvalue weighted by Crippen LogP contribution is -2.46. The third kappa shape index (κ3) is 5.77. The van der Waals surface area contributed by atoms with Crippen molar-refractivity contribution in [2.45, 2.75) is 45.7 Å². The predicted molar refractivity (Wildman–Crippen MR) is 142 cm³/mol. The van der Waals surface area contributed by atoms with Crippen LogP contribution in [0.2, 0.25) is 0 Å². The minimum absolute atomic E-state index is 0.164. The van der Waals surface area contributed by atoms with Gasteiger partial charge in [0.1, 0.15) is 12.4 Å². The van der Waals surface area contributed by atoms with Crippen molar-refractivity contribution in [3.63, 3.8) is 0 Å². The molecular weight excluding hydrogens is 503 g/mol. The van der Waals surface area contributed by atoms with Gasteiger partial charge in [-0.05, 0) is 43.0 Å². The van der Waals surface area contributed by atoms with Gasteiger partial charge in [0.2, 0.25) is 17.6 Å². The van der Waals surface area contributed by atoms with Crippen molar-refractivity contribution in [3.05, 3.63) is 94.3 Å². The van der Waals surface area contributed by atoms with Gasteiger partial charge in [-0.15, -0.1) is 10.2 Å². The average Bonchev–Trinajstić information content (AvgIpc) is 3.42. The summed E-state index contributed by atoms with van der Waals surface area (Å²) < 4.78 is 20.3. The molecule has 1 amide bonds. The average molecular weight is 533 g/mol. The van der Waals surface area contributed by atoms with Gasteiger partial charge in [-0.2, -0.15) is 0 Å². The first-order chi connectivity index (χ1) is 18.5. The van der Waals surface area contributed by atoms with Crippen molar-refractivity contribution >= 4 is 17.5 Å². The van der Waals surface area contributed by atoms with Gasteiger partial charge in [-0.3, -0.25) is 19.0 Å². The fourth-order valence-electron chi connectivity index (χ4n) is 4.10. The van der Waals surface area contributed by atoms with E-state index >= 15 is 0 Å². The van der Waals surface area contributed by atoms with Crippen LogP contribution in [0.15, 0.2) is 70.0 Å². The molecule has 0 unspecified atom stereocenters. The SMILES string of the molecule is CC(C)[C@@H](NC(=O)Cn1c(-c2ccccc2)cnc(N)c1=O)C(=O)c1nnc(C(C)(C)c2ccc(F)cc2)o1. The van der Waals surface area contributed by atoms with E-state index in [-0.39, 0.29) is 35.9 Å². The fraction of sp³-hybridized carbons (Fsp3) is 0.286. The zero-order valence-electron chi connectivity index (χ0n) is 22.0. The number of nitrogens with zero attached hydrogens (tertiary/aromatic N) is 4. The van der Waals surface area contributed by atoms with Crippen LogP contribution < -0.4 is 16.6 Å². The van der Waals surface area contributed by atoms with Gasteiger partial charge >= 0.3 is 0 Å². The highest BCUT2D eigenvalue weighted by molar-refractivity contribution is 5.98. The number of nitrogens with two attached hydrogens (primary N) is 1. The quantitative estimate of drug-likeness (QED) is 0.312. The normalized spacial score (nSPS) is 12.4. The third-order valence-electron chi connectivity index (χ3n) is 6.45. The molecule has 0 aliphatic rings. The molecule has 202 valence electrons. The molecule has 0 spiro atoms. The molecule has 39 heavy (non-hydrogen) atoms. The van der Waals surface area contributed by atoms with Crippen molar-refractivity contribution < 1.29 is 18.4 Å². The molecule has 0 saturated heterocycles. The summed E-state index contributed by atoms with van der Waals surface area (Å²) in [4.78, 5) is 43.2. The number of nitrogen functional groups attached to an aromatic ring is 1. The Balaban J connectivity index is 1.56. The number of hydrogen-bond acceptors (Lipinski definition) is 8. The molecule has 2 aromatic heterocycles. The maximum Gasteiger partial charge on any atom is 0.294 e. The topological polar surface area (TPSA) is 146 Å². The number of carbonyl (C=O) groups excluding carboxylic acids is 2. The maximum atomic E-state index is 13.4. The molecule has 2 heterocycles. The Morgan fingerprint density at radius 1 is 1.08 bits per heavy atom. The van der Waals surface area contributed by atoms with Crippen LogP contribution in [0.1, 0.15) is 49.8 Å². The summed E-state index contributed by atoms with van der Waals surface area (Å²) in [7, 11) is 0. The molecule has 2 aromatic carbocycles. The monoisotopic (exact) mass is 532 g/mol.